The molecule has 0 unspecified atom stereocenters. The Bertz CT molecular complexity index is 1550. The Balaban J connectivity index is 1.38. The van der Waals surface area contributed by atoms with Gasteiger partial charge in [-0.2, -0.15) is 0 Å². The van der Waals surface area contributed by atoms with Crippen molar-refractivity contribution in [3.63, 3.8) is 0 Å². The first-order chi connectivity index (χ1) is 16.7. The van der Waals surface area contributed by atoms with Crippen LogP contribution in [0.2, 0.25) is 0 Å². The molecule has 0 radical (unpaired) electrons. The number of rotatable bonds is 5. The van der Waals surface area contributed by atoms with Crippen molar-refractivity contribution in [3.8, 4) is 22.8 Å². The van der Waals surface area contributed by atoms with Crippen LogP contribution in [0.5, 0.6) is 11.5 Å². The zero-order valence-corrected chi connectivity index (χ0v) is 18.7. The van der Waals surface area contributed by atoms with E-state index in [1.54, 1.807) is 0 Å². The number of nitrogens with zero attached hydrogens (tertiary/aromatic N) is 1. The van der Waals surface area contributed by atoms with Crippen LogP contribution in [0, 0.1) is 6.92 Å². The number of aromatic amines is 1. The number of ether oxygens (including phenoxy) is 2. The Morgan fingerprint density at radius 3 is 2.76 bits per heavy atom. The molecule has 2 N–H and O–H groups in total. The number of hydrogen-bond acceptors (Lipinski definition) is 4. The highest BCUT2D eigenvalue weighted by molar-refractivity contribution is 6.13. The van der Waals surface area contributed by atoms with Crippen LogP contribution >= 0.6 is 0 Å². The smallest absolute Gasteiger partial charge is 0.269 e. The highest BCUT2D eigenvalue weighted by Gasteiger charge is 2.20. The number of para-hydroxylation sites is 1. The van der Waals surface area contributed by atoms with Crippen molar-refractivity contribution < 1.29 is 14.3 Å². The maximum Gasteiger partial charge on any atom is 0.269 e. The van der Waals surface area contributed by atoms with E-state index >= 15 is 0 Å². The molecule has 0 aliphatic carbocycles. The first kappa shape index (κ1) is 20.3. The molecule has 6 rings (SSSR count). The molecular formula is C28H23N3O3. The molecule has 34 heavy (non-hydrogen) atoms. The van der Waals surface area contributed by atoms with Crippen LogP contribution in [0.1, 0.15) is 21.6 Å². The van der Waals surface area contributed by atoms with Gasteiger partial charge in [0, 0.05) is 28.4 Å². The van der Waals surface area contributed by atoms with Gasteiger partial charge in [0.1, 0.15) is 5.69 Å². The van der Waals surface area contributed by atoms with Crippen molar-refractivity contribution >= 4 is 27.7 Å². The summed E-state index contributed by atoms with van der Waals surface area (Å²) in [6, 6.07) is 24.0. The van der Waals surface area contributed by atoms with E-state index in [1.807, 2.05) is 48.5 Å². The van der Waals surface area contributed by atoms with Crippen molar-refractivity contribution in [1.29, 1.82) is 0 Å². The Labute approximate surface area is 196 Å². The summed E-state index contributed by atoms with van der Waals surface area (Å²) in [6.07, 6.45) is 0.762. The van der Waals surface area contributed by atoms with Gasteiger partial charge in [-0.15, -0.1) is 0 Å². The largest absolute Gasteiger partial charge is 0.454 e. The number of hydrogen-bond donors (Lipinski definition) is 2. The molecule has 6 nitrogen and oxygen atoms in total. The van der Waals surface area contributed by atoms with Crippen molar-refractivity contribution in [1.82, 2.24) is 15.3 Å². The molecule has 6 heteroatoms. The lowest BCUT2D eigenvalue weighted by molar-refractivity contribution is 0.0949. The van der Waals surface area contributed by atoms with Crippen molar-refractivity contribution in [2.24, 2.45) is 0 Å². The summed E-state index contributed by atoms with van der Waals surface area (Å²) in [5, 5.41) is 5.05. The van der Waals surface area contributed by atoms with E-state index in [0.717, 1.165) is 33.8 Å². The predicted molar refractivity (Wildman–Crippen MR) is 132 cm³/mol. The molecule has 0 fully saturated rings. The Morgan fingerprint density at radius 1 is 0.971 bits per heavy atom. The second-order valence-electron chi connectivity index (χ2n) is 8.51. The number of pyridine rings is 1. The van der Waals surface area contributed by atoms with Gasteiger partial charge in [0.2, 0.25) is 6.79 Å². The lowest BCUT2D eigenvalue weighted by atomic mass is 10.1. The van der Waals surface area contributed by atoms with Crippen LogP contribution in [0.3, 0.4) is 0 Å². The van der Waals surface area contributed by atoms with Gasteiger partial charge in [-0.05, 0) is 49.2 Å². The van der Waals surface area contributed by atoms with Crippen molar-refractivity contribution in [3.05, 3.63) is 89.6 Å². The van der Waals surface area contributed by atoms with E-state index in [9.17, 15) is 4.79 Å². The van der Waals surface area contributed by atoms with Crippen LogP contribution in [0.4, 0.5) is 0 Å². The minimum atomic E-state index is -0.193. The average Bonchev–Trinajstić information content (AvgIpc) is 3.47. The van der Waals surface area contributed by atoms with Gasteiger partial charge in [0.25, 0.3) is 5.91 Å². The summed E-state index contributed by atoms with van der Waals surface area (Å²) in [5.41, 5.74) is 6.24. The lowest BCUT2D eigenvalue weighted by Crippen LogP contribution is -2.26. The van der Waals surface area contributed by atoms with Crippen LogP contribution < -0.4 is 14.8 Å². The number of benzene rings is 3. The molecule has 3 heterocycles. The summed E-state index contributed by atoms with van der Waals surface area (Å²) < 4.78 is 11.0. The maximum absolute atomic E-state index is 13.1. The van der Waals surface area contributed by atoms with Gasteiger partial charge in [-0.25, -0.2) is 4.98 Å². The Kier molecular flexibility index (Phi) is 4.91. The van der Waals surface area contributed by atoms with Gasteiger partial charge in [0.05, 0.1) is 11.2 Å². The van der Waals surface area contributed by atoms with Crippen LogP contribution in [-0.4, -0.2) is 29.2 Å². The van der Waals surface area contributed by atoms with Crippen molar-refractivity contribution in [2.75, 3.05) is 13.3 Å². The summed E-state index contributed by atoms with van der Waals surface area (Å²) in [7, 11) is 0. The lowest BCUT2D eigenvalue weighted by Gasteiger charge is -2.09. The van der Waals surface area contributed by atoms with Crippen LogP contribution in [-0.2, 0) is 6.42 Å². The maximum atomic E-state index is 13.1. The molecule has 1 amide bonds. The SMILES string of the molecule is Cc1cccc(CCNC(=O)c2cc3c([nH]c4ccccc43)c(-c3ccc4c(c3)OCO4)n2)c1. The number of fused-ring (bicyclic) bond motifs is 4. The molecule has 1 aliphatic rings. The van der Waals surface area contributed by atoms with Crippen molar-refractivity contribution in [2.45, 2.75) is 13.3 Å². The van der Waals surface area contributed by atoms with Gasteiger partial charge in [-0.1, -0.05) is 48.0 Å². The molecule has 168 valence electrons. The number of nitrogens with one attached hydrogen (secondary N) is 2. The van der Waals surface area contributed by atoms with Gasteiger partial charge < -0.3 is 19.8 Å². The zero-order chi connectivity index (χ0) is 23.1. The summed E-state index contributed by atoms with van der Waals surface area (Å²) in [6.45, 7) is 2.81. The fourth-order valence-electron chi connectivity index (χ4n) is 4.49. The standard InChI is InChI=1S/C28H23N3O3/c1-17-5-4-6-18(13-17)11-12-29-28(32)23-15-21-20-7-2-3-8-22(20)30-27(21)26(31-23)19-9-10-24-25(14-19)34-16-33-24/h2-10,13-15,30H,11-12,16H2,1H3,(H,29,32). The molecule has 1 aliphatic heterocycles. The second kappa shape index (κ2) is 8.23. The predicted octanol–water partition coefficient (Wildman–Crippen LogP) is 5.39. The highest BCUT2D eigenvalue weighted by Crippen LogP contribution is 2.38. The number of amides is 1. The zero-order valence-electron chi connectivity index (χ0n) is 18.7. The van der Waals surface area contributed by atoms with Crippen LogP contribution in [0.15, 0.2) is 72.8 Å². The third-order valence-electron chi connectivity index (χ3n) is 6.16. The third kappa shape index (κ3) is 3.63. The Morgan fingerprint density at radius 2 is 1.85 bits per heavy atom. The van der Waals surface area contributed by atoms with E-state index in [2.05, 4.69) is 41.5 Å². The molecule has 3 aromatic carbocycles. The molecule has 0 saturated carbocycles. The molecule has 0 atom stereocenters. The fourth-order valence-corrected chi connectivity index (χ4v) is 4.49. The van der Waals surface area contributed by atoms with E-state index in [4.69, 9.17) is 14.5 Å². The normalized spacial score (nSPS) is 12.4. The molecule has 5 aromatic rings. The summed E-state index contributed by atoms with van der Waals surface area (Å²) in [4.78, 5) is 21.4. The number of carbonyl (C=O) groups is 1. The summed E-state index contributed by atoms with van der Waals surface area (Å²) >= 11 is 0. The number of aryl methyl sites for hydroxylation is 1. The first-order valence-electron chi connectivity index (χ1n) is 11.3. The minimum Gasteiger partial charge on any atom is -0.454 e. The average molecular weight is 450 g/mol. The van der Waals surface area contributed by atoms with E-state index in [-0.39, 0.29) is 12.7 Å². The molecule has 0 bridgehead atoms. The molecular weight excluding hydrogens is 426 g/mol. The van der Waals surface area contributed by atoms with Crippen LogP contribution in [0.25, 0.3) is 33.1 Å². The topological polar surface area (TPSA) is 76.2 Å². The van der Waals surface area contributed by atoms with Gasteiger partial charge in [-0.3, -0.25) is 4.79 Å². The van der Waals surface area contributed by atoms with Gasteiger partial charge >= 0.3 is 0 Å². The number of carbonyl (C=O) groups excluding carboxylic acids is 1. The summed E-state index contributed by atoms with van der Waals surface area (Å²) in [5.74, 6) is 1.19. The number of H-pyrrole nitrogens is 1. The van der Waals surface area contributed by atoms with E-state index in [0.29, 0.717) is 29.4 Å². The monoisotopic (exact) mass is 449 g/mol. The highest BCUT2D eigenvalue weighted by atomic mass is 16.7. The fraction of sp³-hybridized carbons (Fsp3) is 0.143. The first-order valence-corrected chi connectivity index (χ1v) is 11.3. The quantitative estimate of drug-likeness (QED) is 0.377. The third-order valence-corrected chi connectivity index (χ3v) is 6.16. The van der Waals surface area contributed by atoms with E-state index in [1.165, 1.54) is 11.1 Å². The van der Waals surface area contributed by atoms with Gasteiger partial charge in [0.15, 0.2) is 11.5 Å². The van der Waals surface area contributed by atoms with E-state index < -0.39 is 0 Å². The Hall–Kier alpha value is -4.32. The number of aromatic nitrogens is 2. The molecule has 2 aromatic heterocycles. The molecule has 0 saturated heterocycles. The molecule has 0 spiro atoms. The minimum absolute atomic E-state index is 0.193. The second-order valence-corrected chi connectivity index (χ2v) is 8.51.